The minimum atomic E-state index is -0.273. The van der Waals surface area contributed by atoms with Gasteiger partial charge in [-0.3, -0.25) is 15.5 Å². The zero-order valence-corrected chi connectivity index (χ0v) is 6.96. The Kier molecular flexibility index (Phi) is 2.44. The van der Waals surface area contributed by atoms with Gasteiger partial charge in [0.25, 0.3) is 5.56 Å². The van der Waals surface area contributed by atoms with Crippen LogP contribution in [0.2, 0.25) is 0 Å². The third-order valence-corrected chi connectivity index (χ3v) is 1.42. The molecule has 0 amide bonds. The van der Waals surface area contributed by atoms with Gasteiger partial charge in [0.15, 0.2) is 5.82 Å². The van der Waals surface area contributed by atoms with E-state index >= 15 is 0 Å². The lowest BCUT2D eigenvalue weighted by molar-refractivity contribution is 0.385. The largest absolute Gasteiger partial charge is 0.310 e. The van der Waals surface area contributed by atoms with Crippen LogP contribution in [0.5, 0.6) is 0 Å². The number of aromatic nitrogens is 2. The van der Waals surface area contributed by atoms with E-state index in [4.69, 9.17) is 5.21 Å². The van der Waals surface area contributed by atoms with Crippen LogP contribution in [0.15, 0.2) is 10.9 Å². The van der Waals surface area contributed by atoms with Crippen molar-refractivity contribution < 1.29 is 5.21 Å². The number of rotatable bonds is 2. The van der Waals surface area contributed by atoms with Gasteiger partial charge in [0, 0.05) is 12.0 Å². The first kappa shape index (κ1) is 8.73. The van der Waals surface area contributed by atoms with E-state index in [1.165, 1.54) is 6.07 Å². The first-order valence-electron chi connectivity index (χ1n) is 3.65. The molecule has 3 N–H and O–H groups in total. The lowest BCUT2D eigenvalue weighted by atomic mass is 10.2. The Bertz CT molecular complexity index is 319. The SMILES string of the molecule is CC(C)c1nc(NO)cc(=O)[nH]1. The highest BCUT2D eigenvalue weighted by molar-refractivity contribution is 5.29. The first-order valence-corrected chi connectivity index (χ1v) is 3.65. The third-order valence-electron chi connectivity index (χ3n) is 1.42. The lowest BCUT2D eigenvalue weighted by Crippen LogP contribution is -2.13. The highest BCUT2D eigenvalue weighted by atomic mass is 16.5. The van der Waals surface area contributed by atoms with Gasteiger partial charge in [-0.2, -0.15) is 0 Å². The van der Waals surface area contributed by atoms with Gasteiger partial charge in [-0.25, -0.2) is 4.98 Å². The van der Waals surface area contributed by atoms with Crippen molar-refractivity contribution in [3.05, 3.63) is 22.2 Å². The topological polar surface area (TPSA) is 78.0 Å². The van der Waals surface area contributed by atoms with E-state index in [0.29, 0.717) is 5.82 Å². The molecule has 0 saturated carbocycles. The summed E-state index contributed by atoms with van der Waals surface area (Å²) in [5.41, 5.74) is 1.56. The predicted molar refractivity (Wildman–Crippen MR) is 44.4 cm³/mol. The second-order valence-corrected chi connectivity index (χ2v) is 2.78. The van der Waals surface area contributed by atoms with Gasteiger partial charge in [-0.05, 0) is 0 Å². The van der Waals surface area contributed by atoms with Crippen LogP contribution < -0.4 is 11.0 Å². The van der Waals surface area contributed by atoms with Gasteiger partial charge < -0.3 is 4.98 Å². The molecule has 5 heteroatoms. The van der Waals surface area contributed by atoms with Crippen LogP contribution in [0.25, 0.3) is 0 Å². The molecular formula is C7H11N3O2. The van der Waals surface area contributed by atoms with Gasteiger partial charge in [0.05, 0.1) is 0 Å². The molecule has 5 nitrogen and oxygen atoms in total. The molecule has 0 aliphatic heterocycles. The molecule has 0 bridgehead atoms. The fourth-order valence-corrected chi connectivity index (χ4v) is 0.807. The number of nitrogens with one attached hydrogen (secondary N) is 2. The maximum atomic E-state index is 10.9. The summed E-state index contributed by atoms with van der Waals surface area (Å²) in [6.07, 6.45) is 0. The van der Waals surface area contributed by atoms with Crippen molar-refractivity contribution >= 4 is 5.82 Å². The summed E-state index contributed by atoms with van der Waals surface area (Å²) in [6.45, 7) is 3.80. The van der Waals surface area contributed by atoms with Crippen LogP contribution in [0.4, 0.5) is 5.82 Å². The molecule has 1 rings (SSSR count). The molecule has 0 radical (unpaired) electrons. The van der Waals surface area contributed by atoms with Crippen molar-refractivity contribution in [1.29, 1.82) is 0 Å². The molecule has 12 heavy (non-hydrogen) atoms. The Morgan fingerprint density at radius 1 is 1.67 bits per heavy atom. The maximum absolute atomic E-state index is 10.9. The van der Waals surface area contributed by atoms with E-state index in [1.54, 1.807) is 0 Å². The second kappa shape index (κ2) is 3.36. The Morgan fingerprint density at radius 3 is 2.83 bits per heavy atom. The summed E-state index contributed by atoms with van der Waals surface area (Å²) in [7, 11) is 0. The minimum Gasteiger partial charge on any atom is -0.310 e. The van der Waals surface area contributed by atoms with Crippen molar-refractivity contribution in [2.24, 2.45) is 0 Å². The molecule has 0 atom stereocenters. The average molecular weight is 169 g/mol. The molecule has 0 spiro atoms. The summed E-state index contributed by atoms with van der Waals surface area (Å²) in [5, 5.41) is 8.50. The fourth-order valence-electron chi connectivity index (χ4n) is 0.807. The summed E-state index contributed by atoms with van der Waals surface area (Å²) in [5.74, 6) is 0.854. The molecule has 1 aromatic rings. The van der Waals surface area contributed by atoms with E-state index in [1.807, 2.05) is 19.3 Å². The van der Waals surface area contributed by atoms with E-state index in [0.717, 1.165) is 0 Å². The molecule has 0 unspecified atom stereocenters. The Balaban J connectivity index is 3.15. The average Bonchev–Trinajstić information content (AvgIpc) is 2.03. The number of hydrogen-bond donors (Lipinski definition) is 3. The number of H-pyrrole nitrogens is 1. The highest BCUT2D eigenvalue weighted by Gasteiger charge is 2.03. The van der Waals surface area contributed by atoms with Crippen molar-refractivity contribution in [1.82, 2.24) is 9.97 Å². The Morgan fingerprint density at radius 2 is 2.33 bits per heavy atom. The van der Waals surface area contributed by atoms with Crippen molar-refractivity contribution in [3.8, 4) is 0 Å². The van der Waals surface area contributed by atoms with Crippen LogP contribution in [-0.4, -0.2) is 15.2 Å². The molecule has 0 aromatic carbocycles. The predicted octanol–water partition coefficient (Wildman–Crippen LogP) is 0.694. The Labute approximate surface area is 69.4 Å². The van der Waals surface area contributed by atoms with E-state index in [-0.39, 0.29) is 17.3 Å². The van der Waals surface area contributed by atoms with Crippen LogP contribution in [0.3, 0.4) is 0 Å². The molecule has 0 aliphatic rings. The first-order chi connectivity index (χ1) is 5.63. The summed E-state index contributed by atoms with van der Waals surface area (Å²) in [6, 6.07) is 1.19. The molecule has 0 saturated heterocycles. The zero-order valence-electron chi connectivity index (χ0n) is 6.96. The van der Waals surface area contributed by atoms with Gasteiger partial charge in [-0.15, -0.1) is 0 Å². The fraction of sp³-hybridized carbons (Fsp3) is 0.429. The molecule has 1 aromatic heterocycles. The minimum absolute atomic E-state index is 0.131. The van der Waals surface area contributed by atoms with Gasteiger partial charge in [0.2, 0.25) is 0 Å². The van der Waals surface area contributed by atoms with E-state index < -0.39 is 0 Å². The molecule has 66 valence electrons. The third kappa shape index (κ3) is 1.82. The lowest BCUT2D eigenvalue weighted by Gasteiger charge is -2.04. The molecule has 0 fully saturated rings. The van der Waals surface area contributed by atoms with Gasteiger partial charge in [-0.1, -0.05) is 13.8 Å². The number of anilines is 1. The number of aromatic amines is 1. The standard InChI is InChI=1S/C7H11N3O2/c1-4(2)7-8-5(10-12)3-6(11)9-7/h3-4,12H,1-2H3,(H2,8,9,10,11). The second-order valence-electron chi connectivity index (χ2n) is 2.78. The molecule has 0 aliphatic carbocycles. The van der Waals surface area contributed by atoms with Crippen molar-refractivity contribution in [3.63, 3.8) is 0 Å². The summed E-state index contributed by atoms with van der Waals surface area (Å²) >= 11 is 0. The summed E-state index contributed by atoms with van der Waals surface area (Å²) in [4.78, 5) is 17.4. The quantitative estimate of drug-likeness (QED) is 0.569. The van der Waals surface area contributed by atoms with Crippen LogP contribution in [0.1, 0.15) is 25.6 Å². The van der Waals surface area contributed by atoms with Gasteiger partial charge in [0.1, 0.15) is 5.82 Å². The molecule has 1 heterocycles. The monoisotopic (exact) mass is 169 g/mol. The molecular weight excluding hydrogens is 158 g/mol. The van der Waals surface area contributed by atoms with Crippen molar-refractivity contribution in [2.45, 2.75) is 19.8 Å². The van der Waals surface area contributed by atoms with Crippen LogP contribution in [0, 0.1) is 0 Å². The Hall–Kier alpha value is -1.36. The van der Waals surface area contributed by atoms with E-state index in [2.05, 4.69) is 9.97 Å². The van der Waals surface area contributed by atoms with E-state index in [9.17, 15) is 4.79 Å². The summed E-state index contributed by atoms with van der Waals surface area (Å²) < 4.78 is 0. The number of hydrogen-bond acceptors (Lipinski definition) is 4. The van der Waals surface area contributed by atoms with Crippen LogP contribution >= 0.6 is 0 Å². The normalized spacial score (nSPS) is 10.3. The number of nitrogens with zero attached hydrogens (tertiary/aromatic N) is 1. The van der Waals surface area contributed by atoms with Crippen LogP contribution in [-0.2, 0) is 0 Å². The smallest absolute Gasteiger partial charge is 0.253 e. The van der Waals surface area contributed by atoms with Gasteiger partial charge >= 0.3 is 0 Å². The zero-order chi connectivity index (χ0) is 9.14. The highest BCUT2D eigenvalue weighted by Crippen LogP contribution is 2.07. The van der Waals surface area contributed by atoms with Crippen molar-refractivity contribution in [2.75, 3.05) is 5.48 Å². The maximum Gasteiger partial charge on any atom is 0.253 e.